The van der Waals surface area contributed by atoms with Gasteiger partial charge in [0.1, 0.15) is 12.5 Å². The highest BCUT2D eigenvalue weighted by Crippen LogP contribution is 2.22. The van der Waals surface area contributed by atoms with Crippen LogP contribution in [0.2, 0.25) is 0 Å². The molecule has 1 aromatic rings. The number of rotatable bonds is 7. The Kier molecular flexibility index (Phi) is 8.28. The van der Waals surface area contributed by atoms with E-state index < -0.39 is 12.5 Å². The summed E-state index contributed by atoms with van der Waals surface area (Å²) in [5.74, 6) is -0.567. The van der Waals surface area contributed by atoms with Crippen molar-refractivity contribution in [3.05, 3.63) is 53.9 Å². The van der Waals surface area contributed by atoms with Crippen molar-refractivity contribution in [2.45, 2.75) is 44.8 Å². The number of halogens is 2. The number of allylic oxidation sites excluding steroid dienone is 3. The minimum absolute atomic E-state index is 0.0330. The quantitative estimate of drug-likeness (QED) is 0.676. The average Bonchev–Trinajstić information content (AvgIpc) is 2.64. The molecule has 142 valence electrons. The molecule has 0 unspecified atom stereocenters. The minimum Gasteiger partial charge on any atom is -0.374 e. The minimum atomic E-state index is -0.854. The number of amides is 2. The van der Waals surface area contributed by atoms with Crippen LogP contribution in [-0.4, -0.2) is 31.5 Å². The molecule has 1 aromatic carbocycles. The van der Waals surface area contributed by atoms with Crippen molar-refractivity contribution in [3.63, 3.8) is 0 Å². The summed E-state index contributed by atoms with van der Waals surface area (Å²) in [6.45, 7) is 0.787. The molecular formula is C20H26F2N2O2. The van der Waals surface area contributed by atoms with E-state index in [1.54, 1.807) is 6.92 Å². The summed E-state index contributed by atoms with van der Waals surface area (Å²) in [7, 11) is 0. The highest BCUT2D eigenvalue weighted by atomic mass is 19.1. The van der Waals surface area contributed by atoms with Crippen LogP contribution in [0.5, 0.6) is 0 Å². The number of ether oxygens (including phenoxy) is 1. The molecule has 26 heavy (non-hydrogen) atoms. The van der Waals surface area contributed by atoms with E-state index in [2.05, 4.69) is 10.6 Å². The third-order valence-corrected chi connectivity index (χ3v) is 4.35. The third-order valence-electron chi connectivity index (χ3n) is 4.35. The molecule has 2 rings (SSSR count). The van der Waals surface area contributed by atoms with Crippen molar-refractivity contribution < 1.29 is 18.3 Å². The summed E-state index contributed by atoms with van der Waals surface area (Å²) >= 11 is 0. The molecule has 1 saturated carbocycles. The van der Waals surface area contributed by atoms with Crippen molar-refractivity contribution in [2.75, 3.05) is 18.6 Å². The summed E-state index contributed by atoms with van der Waals surface area (Å²) in [6, 6.07) is 9.11. The molecule has 6 heteroatoms. The lowest BCUT2D eigenvalue weighted by Crippen LogP contribution is -2.41. The van der Waals surface area contributed by atoms with Gasteiger partial charge in [-0.05, 0) is 50.8 Å². The summed E-state index contributed by atoms with van der Waals surface area (Å²) in [5.41, 5.74) is 0.779. The molecule has 0 aromatic heterocycles. The van der Waals surface area contributed by atoms with Crippen molar-refractivity contribution in [2.24, 2.45) is 0 Å². The predicted molar refractivity (Wildman–Crippen MR) is 99.5 cm³/mol. The molecule has 1 aliphatic carbocycles. The van der Waals surface area contributed by atoms with Crippen molar-refractivity contribution in [1.29, 1.82) is 0 Å². The first kappa shape index (κ1) is 20.1. The molecule has 2 amide bonds. The topological polar surface area (TPSA) is 50.4 Å². The van der Waals surface area contributed by atoms with Crippen LogP contribution in [0.15, 0.2) is 53.9 Å². The predicted octanol–water partition coefficient (Wildman–Crippen LogP) is 4.91. The van der Waals surface area contributed by atoms with E-state index in [1.807, 2.05) is 30.3 Å². The van der Waals surface area contributed by atoms with Crippen LogP contribution >= 0.6 is 0 Å². The lowest BCUT2D eigenvalue weighted by atomic mass is 9.93. The molecular weight excluding hydrogens is 338 g/mol. The highest BCUT2D eigenvalue weighted by molar-refractivity contribution is 5.89. The summed E-state index contributed by atoms with van der Waals surface area (Å²) in [5, 5.41) is 5.75. The number of benzene rings is 1. The first-order valence-corrected chi connectivity index (χ1v) is 8.92. The Morgan fingerprint density at radius 3 is 2.54 bits per heavy atom. The van der Waals surface area contributed by atoms with Gasteiger partial charge in [0.2, 0.25) is 0 Å². The van der Waals surface area contributed by atoms with Gasteiger partial charge in [0, 0.05) is 17.3 Å². The molecule has 1 fully saturated rings. The van der Waals surface area contributed by atoms with E-state index in [9.17, 15) is 13.6 Å². The van der Waals surface area contributed by atoms with Gasteiger partial charge in [-0.3, -0.25) is 0 Å². The Labute approximate surface area is 153 Å². The van der Waals surface area contributed by atoms with Gasteiger partial charge >= 0.3 is 6.03 Å². The van der Waals surface area contributed by atoms with Gasteiger partial charge in [0.05, 0.1) is 12.7 Å². The second-order valence-electron chi connectivity index (χ2n) is 6.33. The van der Waals surface area contributed by atoms with Gasteiger partial charge in [-0.25, -0.2) is 13.6 Å². The molecule has 0 bridgehead atoms. The van der Waals surface area contributed by atoms with E-state index in [-0.39, 0.29) is 30.4 Å². The van der Waals surface area contributed by atoms with Gasteiger partial charge < -0.3 is 15.4 Å². The number of para-hydroxylation sites is 1. The van der Waals surface area contributed by atoms with Crippen LogP contribution in [0.1, 0.15) is 32.6 Å². The zero-order chi connectivity index (χ0) is 18.8. The van der Waals surface area contributed by atoms with Crippen molar-refractivity contribution in [1.82, 2.24) is 5.32 Å². The lowest BCUT2D eigenvalue weighted by Gasteiger charge is -2.29. The van der Waals surface area contributed by atoms with Crippen molar-refractivity contribution in [3.8, 4) is 0 Å². The van der Waals surface area contributed by atoms with E-state index >= 15 is 0 Å². The fourth-order valence-corrected chi connectivity index (χ4v) is 2.90. The maximum atomic E-state index is 13.6. The number of carbonyl (C=O) groups is 1. The maximum Gasteiger partial charge on any atom is 0.319 e. The molecule has 0 spiro atoms. The Hall–Kier alpha value is -2.21. The molecule has 0 atom stereocenters. The Balaban J connectivity index is 1.71. The zero-order valence-electron chi connectivity index (χ0n) is 15.0. The summed E-state index contributed by atoms with van der Waals surface area (Å²) in [4.78, 5) is 12.0. The van der Waals surface area contributed by atoms with Gasteiger partial charge in [-0.15, -0.1) is 0 Å². The first-order valence-electron chi connectivity index (χ1n) is 8.92. The average molecular weight is 364 g/mol. The molecule has 1 aliphatic rings. The number of nitrogens with one attached hydrogen (secondary N) is 2. The fraction of sp³-hybridized carbons (Fsp3) is 0.450. The molecule has 0 heterocycles. The van der Waals surface area contributed by atoms with Crippen LogP contribution in [-0.2, 0) is 4.74 Å². The zero-order valence-corrected chi connectivity index (χ0v) is 15.0. The van der Waals surface area contributed by atoms with Crippen LogP contribution in [0, 0.1) is 0 Å². The van der Waals surface area contributed by atoms with Gasteiger partial charge in [0.25, 0.3) is 0 Å². The maximum absolute atomic E-state index is 13.6. The summed E-state index contributed by atoms with van der Waals surface area (Å²) < 4.78 is 32.2. The van der Waals surface area contributed by atoms with Gasteiger partial charge in [0.15, 0.2) is 0 Å². The van der Waals surface area contributed by atoms with Gasteiger partial charge in [-0.2, -0.15) is 0 Å². The van der Waals surface area contributed by atoms with Crippen molar-refractivity contribution >= 4 is 11.7 Å². The van der Waals surface area contributed by atoms with E-state index in [0.29, 0.717) is 0 Å². The number of carbonyl (C=O) groups excluding carboxylic acids is 1. The van der Waals surface area contributed by atoms with Crippen LogP contribution in [0.25, 0.3) is 0 Å². The van der Waals surface area contributed by atoms with E-state index in [0.717, 1.165) is 31.4 Å². The van der Waals surface area contributed by atoms with Gasteiger partial charge in [-0.1, -0.05) is 24.3 Å². The molecule has 0 radical (unpaired) electrons. The lowest BCUT2D eigenvalue weighted by molar-refractivity contribution is 0.0345. The van der Waals surface area contributed by atoms with E-state index in [1.165, 1.54) is 12.2 Å². The smallest absolute Gasteiger partial charge is 0.319 e. The SMILES string of the molecule is C/C=C\C(F)=C(/CF)COC1CCC(NC(=O)Nc2ccccc2)CC1. The second kappa shape index (κ2) is 10.7. The standard InChI is InChI=1S/C20H26F2N2O2/c1-2-6-19(22)15(13-21)14-26-18-11-9-17(10-12-18)24-20(25)23-16-7-4-3-5-8-16/h2-8,17-18H,9-14H2,1H3,(H2,23,24,25)/b6-2-,19-15-. The number of alkyl halides is 1. The number of anilines is 1. The van der Waals surface area contributed by atoms with Crippen LogP contribution < -0.4 is 10.6 Å². The summed E-state index contributed by atoms with van der Waals surface area (Å²) in [6.07, 6.45) is 5.79. The monoisotopic (exact) mass is 364 g/mol. The Morgan fingerprint density at radius 2 is 1.92 bits per heavy atom. The normalized spacial score (nSPS) is 21.3. The third kappa shape index (κ3) is 6.59. The number of hydrogen-bond acceptors (Lipinski definition) is 2. The number of urea groups is 1. The van der Waals surface area contributed by atoms with E-state index in [4.69, 9.17) is 4.74 Å². The molecule has 4 nitrogen and oxygen atoms in total. The molecule has 2 N–H and O–H groups in total. The fourth-order valence-electron chi connectivity index (χ4n) is 2.90. The Morgan fingerprint density at radius 1 is 1.23 bits per heavy atom. The number of hydrogen-bond donors (Lipinski definition) is 2. The molecule has 0 saturated heterocycles. The highest BCUT2D eigenvalue weighted by Gasteiger charge is 2.23. The van der Waals surface area contributed by atoms with Crippen LogP contribution in [0.4, 0.5) is 19.3 Å². The second-order valence-corrected chi connectivity index (χ2v) is 6.33. The van der Waals surface area contributed by atoms with Crippen LogP contribution in [0.3, 0.4) is 0 Å². The molecule has 0 aliphatic heterocycles. The largest absolute Gasteiger partial charge is 0.374 e. The Bertz CT molecular complexity index is 624. The first-order chi connectivity index (χ1) is 12.6.